The van der Waals surface area contributed by atoms with Crippen molar-refractivity contribution in [2.24, 2.45) is 28.6 Å². The molecule has 4 aliphatic carbocycles. The summed E-state index contributed by atoms with van der Waals surface area (Å²) < 4.78 is 0. The SMILES string of the molecule is CC1(C)[C@@H]2CC[C@@]3(C)[C@@H](C2)[C@@H](CO)CC[C@]13O. The van der Waals surface area contributed by atoms with Gasteiger partial charge in [-0.2, -0.15) is 0 Å². The lowest BCUT2D eigenvalue weighted by molar-refractivity contribution is -0.294. The van der Waals surface area contributed by atoms with Crippen LogP contribution in [0.1, 0.15) is 52.9 Å². The maximum Gasteiger partial charge on any atom is 0.0757 e. The molecule has 4 saturated carbocycles. The molecule has 0 amide bonds. The molecule has 4 rings (SSSR count). The van der Waals surface area contributed by atoms with Crippen LogP contribution >= 0.6 is 0 Å². The molecule has 2 heteroatoms. The summed E-state index contributed by atoms with van der Waals surface area (Å²) >= 11 is 0. The lowest BCUT2D eigenvalue weighted by atomic mass is 9.35. The van der Waals surface area contributed by atoms with Gasteiger partial charge in [0.25, 0.3) is 0 Å². The Morgan fingerprint density at radius 1 is 1.12 bits per heavy atom. The molecule has 0 unspecified atom stereocenters. The van der Waals surface area contributed by atoms with Crippen LogP contribution in [0.2, 0.25) is 0 Å². The van der Waals surface area contributed by atoms with Crippen LogP contribution in [0, 0.1) is 28.6 Å². The van der Waals surface area contributed by atoms with Crippen LogP contribution in [-0.2, 0) is 0 Å². The molecule has 0 aromatic rings. The molecule has 4 aliphatic rings. The smallest absolute Gasteiger partial charge is 0.0757 e. The molecule has 0 aromatic carbocycles. The van der Waals surface area contributed by atoms with Gasteiger partial charge < -0.3 is 10.2 Å². The highest BCUT2D eigenvalue weighted by Gasteiger charge is 2.70. The van der Waals surface area contributed by atoms with Gasteiger partial charge in [0.05, 0.1) is 5.60 Å². The fraction of sp³-hybridized carbons (Fsp3) is 1.00. The maximum atomic E-state index is 11.3. The minimum atomic E-state index is -0.502. The number of rotatable bonds is 1. The number of hydrogen-bond acceptors (Lipinski definition) is 2. The van der Waals surface area contributed by atoms with Gasteiger partial charge in [-0.3, -0.25) is 0 Å². The Hall–Kier alpha value is -0.0800. The van der Waals surface area contributed by atoms with Crippen LogP contribution in [0.3, 0.4) is 0 Å². The summed E-state index contributed by atoms with van der Waals surface area (Å²) in [6, 6.07) is 0. The zero-order chi connectivity index (χ0) is 12.5. The molecule has 0 spiro atoms. The van der Waals surface area contributed by atoms with Gasteiger partial charge in [0, 0.05) is 12.0 Å². The van der Waals surface area contributed by atoms with Crippen molar-refractivity contribution in [2.45, 2.75) is 58.5 Å². The Bertz CT molecular complexity index is 338. The maximum absolute atomic E-state index is 11.3. The van der Waals surface area contributed by atoms with Gasteiger partial charge in [-0.15, -0.1) is 0 Å². The molecule has 0 radical (unpaired) electrons. The van der Waals surface area contributed by atoms with E-state index in [1.165, 1.54) is 12.8 Å². The Balaban J connectivity index is 2.08. The molecule has 98 valence electrons. The summed E-state index contributed by atoms with van der Waals surface area (Å²) in [5.41, 5.74) is -0.411. The van der Waals surface area contributed by atoms with E-state index in [4.69, 9.17) is 0 Å². The molecule has 0 saturated heterocycles. The topological polar surface area (TPSA) is 40.5 Å². The molecule has 5 atom stereocenters. The molecule has 17 heavy (non-hydrogen) atoms. The molecule has 0 aliphatic heterocycles. The highest BCUT2D eigenvalue weighted by Crippen LogP contribution is 2.71. The summed E-state index contributed by atoms with van der Waals surface area (Å²) in [6.45, 7) is 7.13. The van der Waals surface area contributed by atoms with Crippen LogP contribution < -0.4 is 0 Å². The van der Waals surface area contributed by atoms with E-state index in [1.807, 2.05) is 0 Å². The number of aliphatic hydroxyl groups is 2. The molecular formula is C15H26O2. The molecule has 2 nitrogen and oxygen atoms in total. The first-order valence-corrected chi connectivity index (χ1v) is 7.20. The van der Waals surface area contributed by atoms with Gasteiger partial charge >= 0.3 is 0 Å². The van der Waals surface area contributed by atoms with Crippen LogP contribution in [-0.4, -0.2) is 22.4 Å². The van der Waals surface area contributed by atoms with Gasteiger partial charge in [-0.1, -0.05) is 20.8 Å². The minimum absolute atomic E-state index is 0.0386. The molecule has 0 heterocycles. The van der Waals surface area contributed by atoms with Crippen molar-refractivity contribution in [3.8, 4) is 0 Å². The van der Waals surface area contributed by atoms with E-state index in [-0.39, 0.29) is 10.8 Å². The lowest BCUT2D eigenvalue weighted by Crippen LogP contribution is -2.71. The Kier molecular flexibility index (Phi) is 2.30. The largest absolute Gasteiger partial charge is 0.396 e. The van der Waals surface area contributed by atoms with Gasteiger partial charge in [0.15, 0.2) is 0 Å². The first kappa shape index (κ1) is 12.0. The Morgan fingerprint density at radius 2 is 1.82 bits per heavy atom. The molecule has 2 N–H and O–H groups in total. The van der Waals surface area contributed by atoms with E-state index in [0.29, 0.717) is 24.4 Å². The highest BCUT2D eigenvalue weighted by molar-refractivity contribution is 5.19. The monoisotopic (exact) mass is 238 g/mol. The number of fused-ring (bicyclic) bond motifs is 1. The third-order valence-corrected chi connectivity index (χ3v) is 7.08. The summed E-state index contributed by atoms with van der Waals surface area (Å²) in [7, 11) is 0. The van der Waals surface area contributed by atoms with Crippen molar-refractivity contribution < 1.29 is 10.2 Å². The fourth-order valence-corrected chi connectivity index (χ4v) is 5.72. The van der Waals surface area contributed by atoms with Crippen molar-refractivity contribution in [2.75, 3.05) is 6.61 Å². The van der Waals surface area contributed by atoms with E-state index in [1.54, 1.807) is 0 Å². The fourth-order valence-electron chi connectivity index (χ4n) is 5.72. The van der Waals surface area contributed by atoms with Crippen molar-refractivity contribution in [1.82, 2.24) is 0 Å². The normalized spacial score (nSPS) is 55.9. The minimum Gasteiger partial charge on any atom is -0.396 e. The Labute approximate surface area is 104 Å². The van der Waals surface area contributed by atoms with Crippen molar-refractivity contribution in [1.29, 1.82) is 0 Å². The van der Waals surface area contributed by atoms with E-state index >= 15 is 0 Å². The average Bonchev–Trinajstić information content (AvgIpc) is 2.28. The molecule has 0 aromatic heterocycles. The zero-order valence-corrected chi connectivity index (χ0v) is 11.4. The van der Waals surface area contributed by atoms with Crippen LogP contribution in [0.25, 0.3) is 0 Å². The summed E-state index contributed by atoms with van der Waals surface area (Å²) in [5, 5.41) is 20.9. The summed E-state index contributed by atoms with van der Waals surface area (Å²) in [5.74, 6) is 1.62. The zero-order valence-electron chi connectivity index (χ0n) is 11.4. The lowest BCUT2D eigenvalue weighted by Gasteiger charge is -2.71. The predicted octanol–water partition coefficient (Wildman–Crippen LogP) is 2.58. The predicted molar refractivity (Wildman–Crippen MR) is 67.5 cm³/mol. The van der Waals surface area contributed by atoms with E-state index in [0.717, 1.165) is 19.3 Å². The second kappa shape index (κ2) is 3.27. The Morgan fingerprint density at radius 3 is 2.47 bits per heavy atom. The van der Waals surface area contributed by atoms with E-state index in [9.17, 15) is 10.2 Å². The van der Waals surface area contributed by atoms with Crippen molar-refractivity contribution >= 4 is 0 Å². The second-order valence-corrected chi connectivity index (χ2v) is 7.56. The van der Waals surface area contributed by atoms with Crippen molar-refractivity contribution in [3.05, 3.63) is 0 Å². The van der Waals surface area contributed by atoms with Gasteiger partial charge in [-0.05, 0) is 55.3 Å². The molecule has 4 bridgehead atoms. The number of aliphatic hydroxyl groups excluding tert-OH is 1. The third-order valence-electron chi connectivity index (χ3n) is 7.08. The second-order valence-electron chi connectivity index (χ2n) is 7.56. The first-order valence-electron chi connectivity index (χ1n) is 7.20. The van der Waals surface area contributed by atoms with Gasteiger partial charge in [0.1, 0.15) is 0 Å². The molecule has 4 fully saturated rings. The van der Waals surface area contributed by atoms with E-state index < -0.39 is 5.60 Å². The third kappa shape index (κ3) is 1.14. The van der Waals surface area contributed by atoms with Gasteiger partial charge in [-0.25, -0.2) is 0 Å². The number of hydrogen-bond donors (Lipinski definition) is 2. The average molecular weight is 238 g/mol. The van der Waals surface area contributed by atoms with Crippen molar-refractivity contribution in [3.63, 3.8) is 0 Å². The van der Waals surface area contributed by atoms with E-state index in [2.05, 4.69) is 20.8 Å². The summed E-state index contributed by atoms with van der Waals surface area (Å²) in [4.78, 5) is 0. The van der Waals surface area contributed by atoms with Crippen LogP contribution in [0.5, 0.6) is 0 Å². The van der Waals surface area contributed by atoms with Crippen LogP contribution in [0.15, 0.2) is 0 Å². The van der Waals surface area contributed by atoms with Crippen LogP contribution in [0.4, 0.5) is 0 Å². The summed E-state index contributed by atoms with van der Waals surface area (Å²) in [6.07, 6.45) is 5.52. The molecular weight excluding hydrogens is 212 g/mol. The highest BCUT2D eigenvalue weighted by atomic mass is 16.3. The first-order chi connectivity index (χ1) is 7.87. The van der Waals surface area contributed by atoms with Gasteiger partial charge in [0.2, 0.25) is 0 Å². The standard InChI is InChI=1S/C15H26O2/c1-13(2)11-5-6-14(3)12(8-11)10(9-16)4-7-15(13,14)17/h10-12,16-17H,4-9H2,1-3H3/t10-,11-,12+,14+,15+/m1/s1. The quantitative estimate of drug-likeness (QED) is 0.737.